The van der Waals surface area contributed by atoms with E-state index in [1.54, 1.807) is 18.2 Å². The van der Waals surface area contributed by atoms with Crippen molar-refractivity contribution in [2.45, 2.75) is 9.92 Å². The van der Waals surface area contributed by atoms with Crippen molar-refractivity contribution in [2.24, 2.45) is 0 Å². The fourth-order valence-corrected chi connectivity index (χ4v) is 2.21. The fourth-order valence-electron chi connectivity index (χ4n) is 1.28. The van der Waals surface area contributed by atoms with Gasteiger partial charge in [0.2, 0.25) is 5.75 Å². The van der Waals surface area contributed by atoms with Gasteiger partial charge < -0.3 is 14.8 Å². The normalized spacial score (nSPS) is 10.2. The van der Waals surface area contributed by atoms with Gasteiger partial charge in [-0.05, 0) is 18.2 Å². The van der Waals surface area contributed by atoms with E-state index in [-0.39, 0.29) is 17.1 Å². The predicted octanol–water partition coefficient (Wildman–Crippen LogP) is 1.64. The molecule has 0 aliphatic heterocycles. The zero-order valence-corrected chi connectivity index (χ0v) is 9.82. The third-order valence-corrected chi connectivity index (χ3v) is 2.99. The fraction of sp³-hybridized carbons (Fsp3) is 0.0909. The number of ether oxygens (including phenoxy) is 1. The Morgan fingerprint density at radius 1 is 1.47 bits per heavy atom. The summed E-state index contributed by atoms with van der Waals surface area (Å²) in [4.78, 5) is 18.7. The molecule has 0 amide bonds. The summed E-state index contributed by atoms with van der Waals surface area (Å²) < 4.78 is 4.99. The molecule has 2 N–H and O–H groups in total. The summed E-state index contributed by atoms with van der Waals surface area (Å²) in [5.74, 6) is 0.333. The molecule has 0 spiro atoms. The minimum atomic E-state index is -0.329. The van der Waals surface area contributed by atoms with Gasteiger partial charge in [-0.1, -0.05) is 17.8 Å². The molecule has 1 heterocycles. The number of aromatic hydroxyl groups is 1. The first kappa shape index (κ1) is 11.5. The molecule has 2 aromatic rings. The summed E-state index contributed by atoms with van der Waals surface area (Å²) in [6.07, 6.45) is 1.32. The Labute approximate surface area is 101 Å². The van der Waals surface area contributed by atoms with Crippen molar-refractivity contribution in [1.29, 1.82) is 0 Å². The van der Waals surface area contributed by atoms with Gasteiger partial charge in [-0.15, -0.1) is 0 Å². The number of phenolic OH excluding ortho intramolecular Hbond substituents is 1. The molecule has 6 heteroatoms. The van der Waals surface area contributed by atoms with E-state index in [4.69, 9.17) is 4.74 Å². The monoisotopic (exact) mass is 250 g/mol. The summed E-state index contributed by atoms with van der Waals surface area (Å²) >= 11 is 1.25. The second-order valence-electron chi connectivity index (χ2n) is 3.17. The standard InChI is InChI=1S/C11H10N2O3S/c1-16-9-10(15)12-6-13-11(9)17-8-4-2-3-7(14)5-8/h2-6,14H,1H3,(H,12,13,15). The lowest BCUT2D eigenvalue weighted by Crippen LogP contribution is -2.10. The molecule has 0 unspecified atom stereocenters. The topological polar surface area (TPSA) is 75.2 Å². The number of phenols is 1. The number of hydrogen-bond acceptors (Lipinski definition) is 5. The molecule has 0 saturated heterocycles. The largest absolute Gasteiger partial charge is 0.508 e. The molecule has 17 heavy (non-hydrogen) atoms. The molecule has 0 aliphatic rings. The van der Waals surface area contributed by atoms with E-state index in [9.17, 15) is 9.90 Å². The van der Waals surface area contributed by atoms with Gasteiger partial charge in [0.05, 0.1) is 13.4 Å². The van der Waals surface area contributed by atoms with Gasteiger partial charge in [0.25, 0.3) is 5.56 Å². The number of rotatable bonds is 3. The average molecular weight is 250 g/mol. The lowest BCUT2D eigenvalue weighted by atomic mass is 10.3. The van der Waals surface area contributed by atoms with Crippen molar-refractivity contribution < 1.29 is 9.84 Å². The van der Waals surface area contributed by atoms with Gasteiger partial charge in [-0.2, -0.15) is 0 Å². The minimum Gasteiger partial charge on any atom is -0.508 e. The molecule has 88 valence electrons. The highest BCUT2D eigenvalue weighted by Crippen LogP contribution is 2.31. The van der Waals surface area contributed by atoms with Gasteiger partial charge in [0.15, 0.2) is 5.03 Å². The highest BCUT2D eigenvalue weighted by Gasteiger charge is 2.10. The van der Waals surface area contributed by atoms with Crippen molar-refractivity contribution in [3.05, 3.63) is 40.9 Å². The zero-order chi connectivity index (χ0) is 12.3. The SMILES string of the molecule is COc1c(Sc2cccc(O)c2)nc[nH]c1=O. The second-order valence-corrected chi connectivity index (χ2v) is 4.23. The lowest BCUT2D eigenvalue weighted by molar-refractivity contribution is 0.393. The van der Waals surface area contributed by atoms with Crippen LogP contribution < -0.4 is 10.3 Å². The highest BCUT2D eigenvalue weighted by atomic mass is 32.2. The summed E-state index contributed by atoms with van der Waals surface area (Å²) in [5, 5.41) is 9.80. The Bertz CT molecular complexity index is 583. The van der Waals surface area contributed by atoms with Crippen LogP contribution in [0.25, 0.3) is 0 Å². The number of nitrogens with zero attached hydrogens (tertiary/aromatic N) is 1. The van der Waals surface area contributed by atoms with Crippen molar-refractivity contribution in [2.75, 3.05) is 7.11 Å². The van der Waals surface area contributed by atoms with E-state index in [1.807, 2.05) is 6.07 Å². The third-order valence-electron chi connectivity index (χ3n) is 2.01. The molecular weight excluding hydrogens is 240 g/mol. The number of aromatic nitrogens is 2. The third kappa shape index (κ3) is 2.59. The van der Waals surface area contributed by atoms with Crippen LogP contribution >= 0.6 is 11.8 Å². The molecule has 1 aromatic carbocycles. The molecule has 0 radical (unpaired) electrons. The Hall–Kier alpha value is -1.95. The van der Waals surface area contributed by atoms with Crippen molar-refractivity contribution in [3.8, 4) is 11.5 Å². The molecule has 0 saturated carbocycles. The van der Waals surface area contributed by atoms with Crippen LogP contribution in [0.2, 0.25) is 0 Å². The van der Waals surface area contributed by atoms with E-state index in [0.29, 0.717) is 5.03 Å². The van der Waals surface area contributed by atoms with Crippen LogP contribution in [0.3, 0.4) is 0 Å². The maximum atomic E-state index is 11.4. The first-order valence-corrected chi connectivity index (χ1v) is 5.61. The van der Waals surface area contributed by atoms with Gasteiger partial charge in [0, 0.05) is 4.90 Å². The number of methoxy groups -OCH3 is 1. The van der Waals surface area contributed by atoms with E-state index in [1.165, 1.54) is 25.2 Å². The first-order valence-electron chi connectivity index (χ1n) is 4.79. The number of nitrogens with one attached hydrogen (secondary N) is 1. The molecular formula is C11H10N2O3S. The predicted molar refractivity (Wildman–Crippen MR) is 63.6 cm³/mol. The van der Waals surface area contributed by atoms with Crippen LogP contribution in [0.5, 0.6) is 11.5 Å². The first-order chi connectivity index (χ1) is 8.20. The van der Waals surface area contributed by atoms with Crippen LogP contribution in [-0.4, -0.2) is 22.2 Å². The van der Waals surface area contributed by atoms with E-state index < -0.39 is 0 Å². The van der Waals surface area contributed by atoms with Crippen LogP contribution in [0.4, 0.5) is 0 Å². The zero-order valence-electron chi connectivity index (χ0n) is 9.01. The van der Waals surface area contributed by atoms with Gasteiger partial charge in [0.1, 0.15) is 5.75 Å². The molecule has 5 nitrogen and oxygen atoms in total. The summed E-state index contributed by atoms with van der Waals surface area (Å²) in [6.45, 7) is 0. The van der Waals surface area contributed by atoms with Crippen LogP contribution in [0.1, 0.15) is 0 Å². The van der Waals surface area contributed by atoms with Crippen molar-refractivity contribution >= 4 is 11.8 Å². The number of benzene rings is 1. The van der Waals surface area contributed by atoms with Crippen molar-refractivity contribution in [1.82, 2.24) is 9.97 Å². The average Bonchev–Trinajstić information content (AvgIpc) is 2.29. The maximum Gasteiger partial charge on any atom is 0.294 e. The van der Waals surface area contributed by atoms with Gasteiger partial charge >= 0.3 is 0 Å². The maximum absolute atomic E-state index is 11.4. The molecule has 2 rings (SSSR count). The van der Waals surface area contributed by atoms with E-state index >= 15 is 0 Å². The summed E-state index contributed by atoms with van der Waals surface area (Å²) in [6, 6.07) is 6.70. The quantitative estimate of drug-likeness (QED) is 0.810. The number of H-pyrrole nitrogens is 1. The van der Waals surface area contributed by atoms with Crippen molar-refractivity contribution in [3.63, 3.8) is 0 Å². The van der Waals surface area contributed by atoms with E-state index in [2.05, 4.69) is 9.97 Å². The second kappa shape index (κ2) is 4.92. The Morgan fingerprint density at radius 3 is 3.00 bits per heavy atom. The number of hydrogen-bond donors (Lipinski definition) is 2. The highest BCUT2D eigenvalue weighted by molar-refractivity contribution is 7.99. The lowest BCUT2D eigenvalue weighted by Gasteiger charge is -2.05. The number of aromatic amines is 1. The van der Waals surface area contributed by atoms with Gasteiger partial charge in [-0.25, -0.2) is 4.98 Å². The summed E-state index contributed by atoms with van der Waals surface area (Å²) in [5.41, 5.74) is -0.329. The molecule has 0 fully saturated rings. The van der Waals surface area contributed by atoms with Crippen LogP contribution in [0, 0.1) is 0 Å². The Balaban J connectivity index is 2.36. The molecule has 0 bridgehead atoms. The molecule has 1 aromatic heterocycles. The van der Waals surface area contributed by atoms with Gasteiger partial charge in [-0.3, -0.25) is 4.79 Å². The van der Waals surface area contributed by atoms with E-state index in [0.717, 1.165) is 4.90 Å². The summed E-state index contributed by atoms with van der Waals surface area (Å²) in [7, 11) is 1.42. The minimum absolute atomic E-state index is 0.166. The smallest absolute Gasteiger partial charge is 0.294 e. The molecule has 0 atom stereocenters. The van der Waals surface area contributed by atoms with Crippen LogP contribution in [-0.2, 0) is 0 Å². The Morgan fingerprint density at radius 2 is 2.29 bits per heavy atom. The van der Waals surface area contributed by atoms with Crippen LogP contribution in [0.15, 0.2) is 45.3 Å². The Kier molecular flexibility index (Phi) is 3.34. The molecule has 0 aliphatic carbocycles.